The highest BCUT2D eigenvalue weighted by Gasteiger charge is 2.20. The normalized spacial score (nSPS) is 11.8. The SMILES string of the molecule is CC[C@@H](NC(=O)c1cccc([N+](=O)[O-])c1C)c1ccc(C)c(C)c1. The number of rotatable bonds is 5. The minimum Gasteiger partial charge on any atom is -0.345 e. The summed E-state index contributed by atoms with van der Waals surface area (Å²) < 4.78 is 0. The highest BCUT2D eigenvalue weighted by atomic mass is 16.6. The number of amides is 1. The third-order valence-electron chi connectivity index (χ3n) is 4.39. The van der Waals surface area contributed by atoms with Crippen molar-refractivity contribution in [3.63, 3.8) is 0 Å². The van der Waals surface area contributed by atoms with Crippen LogP contribution >= 0.6 is 0 Å². The standard InChI is InChI=1S/C19H22N2O3/c1-5-17(15-10-9-12(2)13(3)11-15)20-19(22)16-7-6-8-18(14(16)4)21(23)24/h6-11,17H,5H2,1-4H3,(H,20,22)/t17-/m1/s1. The zero-order valence-electron chi connectivity index (χ0n) is 14.4. The molecule has 0 spiro atoms. The Morgan fingerprint density at radius 1 is 1.17 bits per heavy atom. The Bertz CT molecular complexity index is 784. The summed E-state index contributed by atoms with van der Waals surface area (Å²) in [5, 5.41) is 14.0. The molecule has 24 heavy (non-hydrogen) atoms. The van der Waals surface area contributed by atoms with Gasteiger partial charge in [0.2, 0.25) is 0 Å². The van der Waals surface area contributed by atoms with Crippen molar-refractivity contribution in [1.29, 1.82) is 0 Å². The average Bonchev–Trinajstić information content (AvgIpc) is 2.55. The summed E-state index contributed by atoms with van der Waals surface area (Å²) in [6.45, 7) is 7.69. The molecule has 0 aromatic heterocycles. The molecule has 1 amide bonds. The van der Waals surface area contributed by atoms with Crippen LogP contribution in [0.3, 0.4) is 0 Å². The van der Waals surface area contributed by atoms with Gasteiger partial charge >= 0.3 is 0 Å². The molecule has 0 heterocycles. The Morgan fingerprint density at radius 2 is 1.88 bits per heavy atom. The van der Waals surface area contributed by atoms with Gasteiger partial charge in [-0.2, -0.15) is 0 Å². The van der Waals surface area contributed by atoms with Gasteiger partial charge in [0, 0.05) is 17.2 Å². The number of carbonyl (C=O) groups is 1. The maximum Gasteiger partial charge on any atom is 0.273 e. The summed E-state index contributed by atoms with van der Waals surface area (Å²) in [7, 11) is 0. The van der Waals surface area contributed by atoms with Crippen molar-refractivity contribution in [3.8, 4) is 0 Å². The number of nitro benzene ring substituents is 1. The predicted octanol–water partition coefficient (Wildman–Crippen LogP) is 4.40. The van der Waals surface area contributed by atoms with Crippen LogP contribution < -0.4 is 5.32 Å². The van der Waals surface area contributed by atoms with Crippen LogP contribution in [0, 0.1) is 30.9 Å². The average molecular weight is 326 g/mol. The minimum absolute atomic E-state index is 0.0399. The fraction of sp³-hybridized carbons (Fsp3) is 0.316. The lowest BCUT2D eigenvalue weighted by molar-refractivity contribution is -0.385. The van der Waals surface area contributed by atoms with Crippen LogP contribution in [0.1, 0.15) is 52.0 Å². The lowest BCUT2D eigenvalue weighted by Crippen LogP contribution is -2.29. The predicted molar refractivity (Wildman–Crippen MR) is 94.2 cm³/mol. The first kappa shape index (κ1) is 17.7. The molecule has 0 aliphatic carbocycles. The highest BCUT2D eigenvalue weighted by Crippen LogP contribution is 2.24. The van der Waals surface area contributed by atoms with Crippen molar-refractivity contribution in [2.24, 2.45) is 0 Å². The van der Waals surface area contributed by atoms with Crippen LogP contribution in [-0.4, -0.2) is 10.8 Å². The minimum atomic E-state index is -0.466. The van der Waals surface area contributed by atoms with E-state index in [9.17, 15) is 14.9 Å². The number of carbonyl (C=O) groups excluding carboxylic acids is 1. The zero-order chi connectivity index (χ0) is 17.9. The first-order chi connectivity index (χ1) is 11.3. The van der Waals surface area contributed by atoms with E-state index in [4.69, 9.17) is 0 Å². The van der Waals surface area contributed by atoms with E-state index in [0.29, 0.717) is 11.1 Å². The summed E-state index contributed by atoms with van der Waals surface area (Å²) in [5.41, 5.74) is 4.10. The van der Waals surface area contributed by atoms with Gasteiger partial charge in [-0.15, -0.1) is 0 Å². The van der Waals surface area contributed by atoms with Gasteiger partial charge in [-0.1, -0.05) is 31.2 Å². The largest absolute Gasteiger partial charge is 0.345 e. The highest BCUT2D eigenvalue weighted by molar-refractivity contribution is 5.96. The fourth-order valence-electron chi connectivity index (χ4n) is 2.71. The van der Waals surface area contributed by atoms with Crippen molar-refractivity contribution in [3.05, 3.63) is 74.3 Å². The Balaban J connectivity index is 2.28. The van der Waals surface area contributed by atoms with Crippen molar-refractivity contribution in [2.75, 3.05) is 0 Å². The van der Waals surface area contributed by atoms with Crippen molar-refractivity contribution in [1.82, 2.24) is 5.32 Å². The summed E-state index contributed by atoms with van der Waals surface area (Å²) in [5.74, 6) is -0.290. The monoisotopic (exact) mass is 326 g/mol. The van der Waals surface area contributed by atoms with Crippen molar-refractivity contribution >= 4 is 11.6 Å². The van der Waals surface area contributed by atoms with E-state index in [1.54, 1.807) is 13.0 Å². The van der Waals surface area contributed by atoms with Gasteiger partial charge < -0.3 is 5.32 Å². The van der Waals surface area contributed by atoms with Crippen LogP contribution in [0.4, 0.5) is 5.69 Å². The second-order valence-corrected chi connectivity index (χ2v) is 5.98. The number of benzene rings is 2. The molecule has 5 nitrogen and oxygen atoms in total. The molecule has 0 bridgehead atoms. The van der Waals surface area contributed by atoms with Gasteiger partial charge in [-0.25, -0.2) is 0 Å². The molecule has 0 saturated carbocycles. The molecule has 0 saturated heterocycles. The van der Waals surface area contributed by atoms with Crippen LogP contribution in [0.25, 0.3) is 0 Å². The zero-order valence-corrected chi connectivity index (χ0v) is 14.4. The van der Waals surface area contributed by atoms with E-state index >= 15 is 0 Å². The molecular weight excluding hydrogens is 304 g/mol. The molecular formula is C19H22N2O3. The van der Waals surface area contributed by atoms with Crippen LogP contribution in [0.2, 0.25) is 0 Å². The van der Waals surface area contributed by atoms with E-state index in [-0.39, 0.29) is 17.6 Å². The number of nitrogens with one attached hydrogen (secondary N) is 1. The van der Waals surface area contributed by atoms with Crippen molar-refractivity contribution in [2.45, 2.75) is 40.2 Å². The second kappa shape index (κ2) is 7.25. The van der Waals surface area contributed by atoms with Gasteiger partial charge in [-0.05, 0) is 49.9 Å². The maximum atomic E-state index is 12.6. The van der Waals surface area contributed by atoms with Crippen molar-refractivity contribution < 1.29 is 9.72 Å². The lowest BCUT2D eigenvalue weighted by atomic mass is 9.98. The summed E-state index contributed by atoms with van der Waals surface area (Å²) in [6.07, 6.45) is 0.738. The number of hydrogen-bond donors (Lipinski definition) is 1. The van der Waals surface area contributed by atoms with E-state index in [1.165, 1.54) is 23.3 Å². The van der Waals surface area contributed by atoms with Gasteiger partial charge in [0.05, 0.1) is 11.0 Å². The maximum absolute atomic E-state index is 12.6. The van der Waals surface area contributed by atoms with Crippen LogP contribution in [0.15, 0.2) is 36.4 Å². The molecule has 2 aromatic rings. The fourth-order valence-corrected chi connectivity index (χ4v) is 2.71. The summed E-state index contributed by atoms with van der Waals surface area (Å²) in [6, 6.07) is 10.6. The third kappa shape index (κ3) is 3.62. The molecule has 0 unspecified atom stereocenters. The quantitative estimate of drug-likeness (QED) is 0.654. The lowest BCUT2D eigenvalue weighted by Gasteiger charge is -2.19. The Labute approximate surface area is 141 Å². The van der Waals surface area contributed by atoms with Crippen LogP contribution in [-0.2, 0) is 0 Å². The molecule has 1 atom stereocenters. The molecule has 2 rings (SSSR count). The molecule has 0 radical (unpaired) electrons. The molecule has 1 N–H and O–H groups in total. The van der Waals surface area contributed by atoms with Gasteiger partial charge in [0.25, 0.3) is 11.6 Å². The number of hydrogen-bond acceptors (Lipinski definition) is 3. The molecule has 0 fully saturated rings. The number of nitro groups is 1. The molecule has 5 heteroatoms. The first-order valence-electron chi connectivity index (χ1n) is 7.97. The van der Waals surface area contributed by atoms with E-state index in [1.807, 2.05) is 32.9 Å². The van der Waals surface area contributed by atoms with Gasteiger partial charge in [-0.3, -0.25) is 14.9 Å². The van der Waals surface area contributed by atoms with E-state index < -0.39 is 4.92 Å². The number of nitrogens with zero attached hydrogens (tertiary/aromatic N) is 1. The first-order valence-corrected chi connectivity index (χ1v) is 7.97. The van der Waals surface area contributed by atoms with Gasteiger partial charge in [0.15, 0.2) is 0 Å². The molecule has 2 aromatic carbocycles. The number of aryl methyl sites for hydroxylation is 2. The summed E-state index contributed by atoms with van der Waals surface area (Å²) in [4.78, 5) is 23.2. The van der Waals surface area contributed by atoms with E-state index in [0.717, 1.165) is 12.0 Å². The topological polar surface area (TPSA) is 72.2 Å². The summed E-state index contributed by atoms with van der Waals surface area (Å²) >= 11 is 0. The second-order valence-electron chi connectivity index (χ2n) is 5.98. The van der Waals surface area contributed by atoms with Crippen LogP contribution in [0.5, 0.6) is 0 Å². The smallest absolute Gasteiger partial charge is 0.273 e. The molecule has 0 aliphatic rings. The third-order valence-corrected chi connectivity index (χ3v) is 4.39. The van der Waals surface area contributed by atoms with Gasteiger partial charge in [0.1, 0.15) is 0 Å². The Kier molecular flexibility index (Phi) is 5.34. The Morgan fingerprint density at radius 3 is 2.46 bits per heavy atom. The Hall–Kier alpha value is -2.69. The molecule has 0 aliphatic heterocycles. The van der Waals surface area contributed by atoms with E-state index in [2.05, 4.69) is 11.4 Å². The molecule has 126 valence electrons.